The summed E-state index contributed by atoms with van der Waals surface area (Å²) >= 11 is 0. The van der Waals surface area contributed by atoms with Crippen LogP contribution in [0, 0.1) is 20.8 Å². The van der Waals surface area contributed by atoms with Gasteiger partial charge in [0.15, 0.2) is 0 Å². The summed E-state index contributed by atoms with van der Waals surface area (Å²) in [6, 6.07) is 4.14. The fourth-order valence-electron chi connectivity index (χ4n) is 1.55. The van der Waals surface area contributed by atoms with Gasteiger partial charge in [-0.2, -0.15) is 0 Å². The molecule has 62 valence electrons. The van der Waals surface area contributed by atoms with E-state index in [0.717, 1.165) is 5.65 Å². The molecule has 0 spiro atoms. The lowest BCUT2D eigenvalue weighted by Crippen LogP contribution is -1.94. The Balaban J connectivity index is 2.97. The third-order valence-corrected chi connectivity index (χ3v) is 2.36. The van der Waals surface area contributed by atoms with Gasteiger partial charge in [0.2, 0.25) is 0 Å². The Kier molecular flexibility index (Phi) is 1.43. The van der Waals surface area contributed by atoms with Crippen LogP contribution < -0.4 is 0 Å². The van der Waals surface area contributed by atoms with E-state index in [1.165, 1.54) is 17.0 Å². The normalized spacial score (nSPS) is 10.9. The standard InChI is InChI=1S/C10H12N2/c1-7-6-10-11-5-4-8(2)12(10)9(7)3/h4-6H,1-3H3. The molecule has 0 aliphatic heterocycles. The van der Waals surface area contributed by atoms with Gasteiger partial charge in [0.1, 0.15) is 5.65 Å². The molecule has 0 saturated carbocycles. The van der Waals surface area contributed by atoms with Gasteiger partial charge in [-0.05, 0) is 38.5 Å². The predicted octanol–water partition coefficient (Wildman–Crippen LogP) is 2.26. The Morgan fingerprint density at radius 1 is 1.25 bits per heavy atom. The van der Waals surface area contributed by atoms with Gasteiger partial charge in [0, 0.05) is 17.6 Å². The van der Waals surface area contributed by atoms with Crippen molar-refractivity contribution in [3.8, 4) is 0 Å². The van der Waals surface area contributed by atoms with E-state index in [2.05, 4.69) is 36.2 Å². The van der Waals surface area contributed by atoms with Crippen LogP contribution in [0.25, 0.3) is 5.65 Å². The molecular weight excluding hydrogens is 148 g/mol. The van der Waals surface area contributed by atoms with Crippen molar-refractivity contribution in [2.45, 2.75) is 20.8 Å². The minimum absolute atomic E-state index is 1.05. The number of aromatic nitrogens is 2. The minimum Gasteiger partial charge on any atom is -0.303 e. The molecule has 0 aliphatic rings. The van der Waals surface area contributed by atoms with Crippen molar-refractivity contribution in [2.24, 2.45) is 0 Å². The number of hydrogen-bond donors (Lipinski definition) is 0. The second-order valence-electron chi connectivity index (χ2n) is 3.19. The SMILES string of the molecule is Cc1cc2nccc(C)n2c1C. The van der Waals surface area contributed by atoms with Crippen LogP contribution in [-0.4, -0.2) is 9.38 Å². The molecule has 0 saturated heterocycles. The van der Waals surface area contributed by atoms with Crippen LogP contribution in [-0.2, 0) is 0 Å². The van der Waals surface area contributed by atoms with E-state index in [1.807, 2.05) is 12.3 Å². The van der Waals surface area contributed by atoms with E-state index in [4.69, 9.17) is 0 Å². The monoisotopic (exact) mass is 160 g/mol. The highest BCUT2D eigenvalue weighted by Gasteiger charge is 2.03. The van der Waals surface area contributed by atoms with E-state index >= 15 is 0 Å². The lowest BCUT2D eigenvalue weighted by molar-refractivity contribution is 1.00. The molecule has 2 rings (SSSR count). The van der Waals surface area contributed by atoms with Crippen LogP contribution in [0.2, 0.25) is 0 Å². The van der Waals surface area contributed by atoms with Crippen molar-refractivity contribution in [2.75, 3.05) is 0 Å². The van der Waals surface area contributed by atoms with Gasteiger partial charge < -0.3 is 4.40 Å². The van der Waals surface area contributed by atoms with Gasteiger partial charge in [0.05, 0.1) is 0 Å². The molecule has 2 nitrogen and oxygen atoms in total. The molecule has 0 fully saturated rings. The molecule has 0 N–H and O–H groups in total. The smallest absolute Gasteiger partial charge is 0.137 e. The van der Waals surface area contributed by atoms with Gasteiger partial charge in [0.25, 0.3) is 0 Å². The Bertz CT molecular complexity index is 427. The van der Waals surface area contributed by atoms with Crippen molar-refractivity contribution in [1.82, 2.24) is 9.38 Å². The first kappa shape index (κ1) is 7.35. The van der Waals surface area contributed by atoms with Gasteiger partial charge in [-0.3, -0.25) is 0 Å². The number of aryl methyl sites for hydroxylation is 3. The van der Waals surface area contributed by atoms with Crippen molar-refractivity contribution in [3.63, 3.8) is 0 Å². The quantitative estimate of drug-likeness (QED) is 0.577. The van der Waals surface area contributed by atoms with Crippen LogP contribution in [0.5, 0.6) is 0 Å². The highest BCUT2D eigenvalue weighted by molar-refractivity contribution is 5.47. The molecule has 2 heteroatoms. The van der Waals surface area contributed by atoms with E-state index in [0.29, 0.717) is 0 Å². The van der Waals surface area contributed by atoms with Gasteiger partial charge in [-0.25, -0.2) is 4.98 Å². The zero-order valence-corrected chi connectivity index (χ0v) is 7.63. The Hall–Kier alpha value is -1.31. The van der Waals surface area contributed by atoms with Crippen molar-refractivity contribution >= 4 is 5.65 Å². The molecule has 2 aromatic heterocycles. The van der Waals surface area contributed by atoms with Crippen molar-refractivity contribution in [3.05, 3.63) is 35.3 Å². The summed E-state index contributed by atoms with van der Waals surface area (Å²) in [5.41, 5.74) is 4.88. The maximum absolute atomic E-state index is 4.29. The van der Waals surface area contributed by atoms with E-state index in [-0.39, 0.29) is 0 Å². The lowest BCUT2D eigenvalue weighted by Gasteiger charge is -2.01. The summed E-state index contributed by atoms with van der Waals surface area (Å²) < 4.78 is 2.18. The molecule has 0 amide bonds. The number of rotatable bonds is 0. The molecule has 12 heavy (non-hydrogen) atoms. The van der Waals surface area contributed by atoms with Crippen molar-refractivity contribution in [1.29, 1.82) is 0 Å². The van der Waals surface area contributed by atoms with Gasteiger partial charge >= 0.3 is 0 Å². The third kappa shape index (κ3) is 0.843. The molecule has 0 bridgehead atoms. The first-order valence-electron chi connectivity index (χ1n) is 4.10. The fourth-order valence-corrected chi connectivity index (χ4v) is 1.55. The average molecular weight is 160 g/mol. The molecule has 2 aromatic rings. The van der Waals surface area contributed by atoms with E-state index < -0.39 is 0 Å². The van der Waals surface area contributed by atoms with Crippen LogP contribution >= 0.6 is 0 Å². The number of hydrogen-bond acceptors (Lipinski definition) is 1. The van der Waals surface area contributed by atoms with Gasteiger partial charge in [-0.1, -0.05) is 0 Å². The van der Waals surface area contributed by atoms with Crippen LogP contribution in [0.3, 0.4) is 0 Å². The highest BCUT2D eigenvalue weighted by atomic mass is 15.0. The lowest BCUT2D eigenvalue weighted by atomic mass is 10.3. The summed E-state index contributed by atoms with van der Waals surface area (Å²) in [5, 5.41) is 0. The first-order valence-corrected chi connectivity index (χ1v) is 4.10. The summed E-state index contributed by atoms with van der Waals surface area (Å²) in [4.78, 5) is 4.29. The Morgan fingerprint density at radius 3 is 2.67 bits per heavy atom. The van der Waals surface area contributed by atoms with Crippen molar-refractivity contribution < 1.29 is 0 Å². The molecule has 0 aliphatic carbocycles. The summed E-state index contributed by atoms with van der Waals surface area (Å²) in [6.07, 6.45) is 1.85. The summed E-state index contributed by atoms with van der Waals surface area (Å²) in [7, 11) is 0. The highest BCUT2D eigenvalue weighted by Crippen LogP contribution is 2.14. The Morgan fingerprint density at radius 2 is 2.00 bits per heavy atom. The summed E-state index contributed by atoms with van der Waals surface area (Å²) in [6.45, 7) is 6.33. The fraction of sp³-hybridized carbons (Fsp3) is 0.300. The van der Waals surface area contributed by atoms with E-state index in [1.54, 1.807) is 0 Å². The molecule has 0 atom stereocenters. The molecule has 0 unspecified atom stereocenters. The molecule has 0 aromatic carbocycles. The molecule has 2 heterocycles. The topological polar surface area (TPSA) is 17.3 Å². The van der Waals surface area contributed by atoms with E-state index in [9.17, 15) is 0 Å². The Labute approximate surface area is 71.9 Å². The van der Waals surface area contributed by atoms with Crippen LogP contribution in [0.15, 0.2) is 18.3 Å². The predicted molar refractivity (Wildman–Crippen MR) is 49.4 cm³/mol. The summed E-state index contributed by atoms with van der Waals surface area (Å²) in [5.74, 6) is 0. The maximum atomic E-state index is 4.29. The average Bonchev–Trinajstić information content (AvgIpc) is 2.29. The first-order chi connectivity index (χ1) is 5.70. The second kappa shape index (κ2) is 2.34. The van der Waals surface area contributed by atoms with Gasteiger partial charge in [-0.15, -0.1) is 0 Å². The maximum Gasteiger partial charge on any atom is 0.137 e. The number of fused-ring (bicyclic) bond motifs is 1. The van der Waals surface area contributed by atoms with Crippen LogP contribution in [0.4, 0.5) is 0 Å². The molecular formula is C10H12N2. The molecule has 0 radical (unpaired) electrons. The van der Waals surface area contributed by atoms with Crippen LogP contribution in [0.1, 0.15) is 17.0 Å². The zero-order chi connectivity index (χ0) is 8.72. The third-order valence-electron chi connectivity index (χ3n) is 2.36. The largest absolute Gasteiger partial charge is 0.303 e. The number of nitrogens with zero attached hydrogens (tertiary/aromatic N) is 2. The minimum atomic E-state index is 1.05. The second-order valence-corrected chi connectivity index (χ2v) is 3.19. The zero-order valence-electron chi connectivity index (χ0n) is 7.63.